The van der Waals surface area contributed by atoms with Crippen molar-refractivity contribution < 1.29 is 19.9 Å². The van der Waals surface area contributed by atoms with Crippen LogP contribution in [0.15, 0.2) is 18.2 Å². The van der Waals surface area contributed by atoms with Crippen LogP contribution in [0.4, 0.5) is 0 Å². The smallest absolute Gasteiger partial charge is 0.491 e. The molecular formula is C12H18BClO4. The van der Waals surface area contributed by atoms with Gasteiger partial charge >= 0.3 is 7.12 Å². The Bertz CT molecular complexity index is 408. The molecule has 0 aliphatic rings. The van der Waals surface area contributed by atoms with Gasteiger partial charge in [-0.2, -0.15) is 0 Å². The number of aromatic hydroxyl groups is 1. The van der Waals surface area contributed by atoms with Crippen LogP contribution in [0.1, 0.15) is 27.7 Å². The zero-order chi connectivity index (χ0) is 14.1. The van der Waals surface area contributed by atoms with Crippen molar-refractivity contribution in [2.24, 2.45) is 0 Å². The second kappa shape index (κ2) is 5.09. The minimum Gasteiger partial charge on any atom is -0.508 e. The number of rotatable bonds is 4. The number of phenols is 1. The molecule has 0 aliphatic carbocycles. The van der Waals surface area contributed by atoms with E-state index >= 15 is 0 Å². The number of halogens is 1. The molecule has 0 radical (unpaired) electrons. The average Bonchev–Trinajstić information content (AvgIpc) is 2.13. The van der Waals surface area contributed by atoms with Crippen LogP contribution in [0.2, 0.25) is 5.02 Å². The maximum atomic E-state index is 9.97. The average molecular weight is 273 g/mol. The monoisotopic (exact) mass is 272 g/mol. The lowest BCUT2D eigenvalue weighted by atomic mass is 9.76. The summed E-state index contributed by atoms with van der Waals surface area (Å²) in [5.41, 5.74) is -1.77. The second-order valence-electron chi connectivity index (χ2n) is 5.28. The van der Waals surface area contributed by atoms with E-state index in [1.165, 1.54) is 18.2 Å². The molecule has 100 valence electrons. The predicted octanol–water partition coefficient (Wildman–Crippen LogP) is 1.30. The third kappa shape index (κ3) is 3.62. The molecule has 18 heavy (non-hydrogen) atoms. The van der Waals surface area contributed by atoms with Gasteiger partial charge in [0.2, 0.25) is 0 Å². The first-order valence-corrected chi connectivity index (χ1v) is 5.98. The molecule has 4 nitrogen and oxygen atoms in total. The van der Waals surface area contributed by atoms with Crippen molar-refractivity contribution in [2.45, 2.75) is 38.9 Å². The van der Waals surface area contributed by atoms with Crippen LogP contribution in [-0.2, 0) is 4.65 Å². The summed E-state index contributed by atoms with van der Waals surface area (Å²) in [7, 11) is -1.28. The van der Waals surface area contributed by atoms with Crippen molar-refractivity contribution in [1.82, 2.24) is 0 Å². The fourth-order valence-electron chi connectivity index (χ4n) is 1.23. The maximum Gasteiger partial charge on any atom is 0.491 e. The summed E-state index contributed by atoms with van der Waals surface area (Å²) < 4.78 is 5.43. The van der Waals surface area contributed by atoms with E-state index in [1.807, 2.05) is 0 Å². The molecule has 6 heteroatoms. The zero-order valence-electron chi connectivity index (χ0n) is 10.9. The molecule has 1 aromatic carbocycles. The minimum atomic E-state index is -1.28. The molecule has 1 rings (SSSR count). The topological polar surface area (TPSA) is 69.9 Å². The Morgan fingerprint density at radius 2 is 1.72 bits per heavy atom. The SMILES string of the molecule is CC(C)(O)C(C)(C)OB(O)c1cc(O)cc(Cl)c1. The predicted molar refractivity (Wildman–Crippen MR) is 72.2 cm³/mol. The quantitative estimate of drug-likeness (QED) is 0.723. The van der Waals surface area contributed by atoms with Gasteiger partial charge in [0.1, 0.15) is 5.75 Å². The Hall–Kier alpha value is -0.745. The van der Waals surface area contributed by atoms with Crippen LogP contribution >= 0.6 is 11.6 Å². The van der Waals surface area contributed by atoms with Gasteiger partial charge in [0.25, 0.3) is 0 Å². The standard InChI is InChI=1S/C12H18BClO4/c1-11(2,16)12(3,4)18-13(17)8-5-9(14)7-10(15)6-8/h5-7,15-17H,1-4H3. The third-order valence-electron chi connectivity index (χ3n) is 3.07. The summed E-state index contributed by atoms with van der Waals surface area (Å²) in [6, 6.07) is 4.21. The number of aliphatic hydroxyl groups is 1. The molecule has 0 saturated carbocycles. The van der Waals surface area contributed by atoms with E-state index < -0.39 is 18.3 Å². The second-order valence-corrected chi connectivity index (χ2v) is 5.72. The summed E-state index contributed by atoms with van der Waals surface area (Å²) in [4.78, 5) is 0. The number of benzene rings is 1. The van der Waals surface area contributed by atoms with E-state index in [0.717, 1.165) is 0 Å². The Morgan fingerprint density at radius 1 is 1.17 bits per heavy atom. The zero-order valence-corrected chi connectivity index (χ0v) is 11.7. The first kappa shape index (κ1) is 15.3. The van der Waals surface area contributed by atoms with Gasteiger partial charge in [-0.15, -0.1) is 0 Å². The van der Waals surface area contributed by atoms with Crippen LogP contribution < -0.4 is 5.46 Å². The van der Waals surface area contributed by atoms with Crippen molar-refractivity contribution >= 4 is 24.2 Å². The molecule has 3 N–H and O–H groups in total. The number of hydrogen-bond acceptors (Lipinski definition) is 4. The van der Waals surface area contributed by atoms with Crippen molar-refractivity contribution in [3.05, 3.63) is 23.2 Å². The highest BCUT2D eigenvalue weighted by Gasteiger charge is 2.39. The molecule has 0 atom stereocenters. The van der Waals surface area contributed by atoms with Crippen LogP contribution in [0.25, 0.3) is 0 Å². The largest absolute Gasteiger partial charge is 0.508 e. The fourth-order valence-corrected chi connectivity index (χ4v) is 1.47. The Balaban J connectivity index is 2.92. The molecule has 0 fully saturated rings. The maximum absolute atomic E-state index is 9.97. The minimum absolute atomic E-state index is 0.0544. The highest BCUT2D eigenvalue weighted by Crippen LogP contribution is 2.25. The molecule has 0 aliphatic heterocycles. The number of hydrogen-bond donors (Lipinski definition) is 3. The highest BCUT2D eigenvalue weighted by atomic mass is 35.5. The Labute approximate surface area is 112 Å². The summed E-state index contributed by atoms with van der Waals surface area (Å²) >= 11 is 5.78. The summed E-state index contributed by atoms with van der Waals surface area (Å²) in [6.07, 6.45) is 0. The Morgan fingerprint density at radius 3 is 2.17 bits per heavy atom. The van der Waals surface area contributed by atoms with Crippen molar-refractivity contribution in [1.29, 1.82) is 0 Å². The molecule has 0 spiro atoms. The van der Waals surface area contributed by atoms with E-state index in [-0.39, 0.29) is 5.75 Å². The van der Waals surface area contributed by atoms with Crippen molar-refractivity contribution in [2.75, 3.05) is 0 Å². The van der Waals surface area contributed by atoms with Gasteiger partial charge in [-0.3, -0.25) is 0 Å². The van der Waals surface area contributed by atoms with Gasteiger partial charge in [0, 0.05) is 5.02 Å². The van der Waals surface area contributed by atoms with Crippen LogP contribution in [0.5, 0.6) is 5.75 Å². The summed E-state index contributed by atoms with van der Waals surface area (Å²) in [5, 5.41) is 29.6. The third-order valence-corrected chi connectivity index (χ3v) is 3.29. The van der Waals surface area contributed by atoms with E-state index in [1.54, 1.807) is 27.7 Å². The van der Waals surface area contributed by atoms with Gasteiger partial charge in [0.05, 0.1) is 11.2 Å². The van der Waals surface area contributed by atoms with Gasteiger partial charge in [-0.1, -0.05) is 11.6 Å². The summed E-state index contributed by atoms with van der Waals surface area (Å²) in [5.74, 6) is -0.0544. The van der Waals surface area contributed by atoms with Gasteiger partial charge < -0.3 is 19.9 Å². The van der Waals surface area contributed by atoms with Gasteiger partial charge in [0.15, 0.2) is 0 Å². The highest BCUT2D eigenvalue weighted by molar-refractivity contribution is 6.60. The summed E-state index contributed by atoms with van der Waals surface area (Å²) in [6.45, 7) is 6.52. The molecule has 0 amide bonds. The lowest BCUT2D eigenvalue weighted by Crippen LogP contribution is -2.53. The lowest BCUT2D eigenvalue weighted by Gasteiger charge is -2.38. The van der Waals surface area contributed by atoms with E-state index in [9.17, 15) is 15.2 Å². The molecule has 0 heterocycles. The van der Waals surface area contributed by atoms with Crippen LogP contribution in [0.3, 0.4) is 0 Å². The molecule has 1 aromatic rings. The Kier molecular flexibility index (Phi) is 4.33. The van der Waals surface area contributed by atoms with E-state index in [0.29, 0.717) is 10.5 Å². The first-order valence-electron chi connectivity index (χ1n) is 5.60. The number of phenolic OH excluding ortho intramolecular Hbond substituents is 1. The van der Waals surface area contributed by atoms with Crippen LogP contribution in [-0.4, -0.2) is 33.6 Å². The fraction of sp³-hybridized carbons (Fsp3) is 0.500. The molecule has 0 bridgehead atoms. The van der Waals surface area contributed by atoms with Gasteiger partial charge in [-0.25, -0.2) is 0 Å². The lowest BCUT2D eigenvalue weighted by molar-refractivity contribution is -0.0982. The van der Waals surface area contributed by atoms with E-state index in [4.69, 9.17) is 16.3 Å². The van der Waals surface area contributed by atoms with Crippen molar-refractivity contribution in [3.8, 4) is 5.75 Å². The normalized spacial score (nSPS) is 12.6. The molecular weight excluding hydrogens is 254 g/mol. The van der Waals surface area contributed by atoms with Gasteiger partial charge in [-0.05, 0) is 51.4 Å². The molecule has 0 saturated heterocycles. The van der Waals surface area contributed by atoms with Crippen LogP contribution in [0, 0.1) is 0 Å². The first-order chi connectivity index (χ1) is 8.03. The molecule has 0 unspecified atom stereocenters. The van der Waals surface area contributed by atoms with E-state index in [2.05, 4.69) is 0 Å². The van der Waals surface area contributed by atoms with Crippen molar-refractivity contribution in [3.63, 3.8) is 0 Å². The molecule has 0 aromatic heterocycles.